The van der Waals surface area contributed by atoms with Crippen LogP contribution in [0.3, 0.4) is 0 Å². The number of carbonyl (C=O) groups excluding carboxylic acids is 2. The summed E-state index contributed by atoms with van der Waals surface area (Å²) in [5.41, 5.74) is 2.54. The Morgan fingerprint density at radius 1 is 0.865 bits per heavy atom. The minimum atomic E-state index is -0.356. The summed E-state index contributed by atoms with van der Waals surface area (Å²) in [4.78, 5) is 25.7. The van der Waals surface area contributed by atoms with Gasteiger partial charge in [0.1, 0.15) is 12.4 Å². The first-order valence-corrected chi connectivity index (χ1v) is 11.6. The molecule has 0 fully saturated rings. The Hall–Kier alpha value is -5.05. The van der Waals surface area contributed by atoms with Gasteiger partial charge in [0.05, 0.1) is 19.2 Å². The minimum Gasteiger partial charge on any atom is -0.497 e. The summed E-state index contributed by atoms with van der Waals surface area (Å²) in [6.07, 6.45) is 0. The second-order valence-electron chi connectivity index (χ2n) is 8.04. The molecule has 1 N–H and O–H groups in total. The molecule has 5 rings (SSSR count). The highest BCUT2D eigenvalue weighted by atomic mass is 16.5. The van der Waals surface area contributed by atoms with E-state index in [-0.39, 0.29) is 24.8 Å². The van der Waals surface area contributed by atoms with Crippen LogP contribution in [-0.4, -0.2) is 51.8 Å². The van der Waals surface area contributed by atoms with E-state index in [9.17, 15) is 9.59 Å². The maximum absolute atomic E-state index is 12.9. The zero-order valence-electron chi connectivity index (χ0n) is 20.0. The van der Waals surface area contributed by atoms with Crippen LogP contribution in [0.4, 0.5) is 0 Å². The Kier molecular flexibility index (Phi) is 6.84. The zero-order valence-corrected chi connectivity index (χ0v) is 20.0. The van der Waals surface area contributed by atoms with Crippen molar-refractivity contribution in [1.82, 2.24) is 25.1 Å². The van der Waals surface area contributed by atoms with Crippen LogP contribution < -0.4 is 14.8 Å². The molecular weight excluding hydrogens is 470 g/mol. The van der Waals surface area contributed by atoms with Crippen molar-refractivity contribution < 1.29 is 19.1 Å². The van der Waals surface area contributed by atoms with Gasteiger partial charge in [-0.25, -0.2) is 0 Å². The Balaban J connectivity index is 1.24. The molecule has 0 aliphatic rings. The van der Waals surface area contributed by atoms with Gasteiger partial charge in [0.25, 0.3) is 5.91 Å². The third-order valence-corrected chi connectivity index (χ3v) is 5.66. The first-order chi connectivity index (χ1) is 18.1. The number of hydrogen-bond donors (Lipinski definition) is 1. The van der Waals surface area contributed by atoms with Gasteiger partial charge in [0, 0.05) is 22.8 Å². The Labute approximate surface area is 212 Å². The van der Waals surface area contributed by atoms with Crippen LogP contribution in [0.15, 0.2) is 91.0 Å². The summed E-state index contributed by atoms with van der Waals surface area (Å²) in [6, 6.07) is 26.5. The zero-order chi connectivity index (χ0) is 25.6. The fraction of sp³-hybridized carbons (Fsp3) is 0.107. The molecule has 0 radical (unpaired) electrons. The van der Waals surface area contributed by atoms with Crippen LogP contribution in [-0.2, 0) is 0 Å². The molecular formula is C28H23N5O4. The number of methoxy groups -OCH3 is 1. The fourth-order valence-electron chi connectivity index (χ4n) is 3.83. The van der Waals surface area contributed by atoms with Crippen LogP contribution in [0.5, 0.6) is 11.6 Å². The predicted molar refractivity (Wildman–Crippen MR) is 137 cm³/mol. The summed E-state index contributed by atoms with van der Waals surface area (Å²) < 4.78 is 12.6. The van der Waals surface area contributed by atoms with Crippen molar-refractivity contribution in [3.63, 3.8) is 0 Å². The molecule has 0 aliphatic heterocycles. The lowest BCUT2D eigenvalue weighted by Gasteiger charge is -2.10. The van der Waals surface area contributed by atoms with Crippen molar-refractivity contribution in [2.45, 2.75) is 0 Å². The molecule has 1 amide bonds. The molecule has 0 saturated heterocycles. The van der Waals surface area contributed by atoms with Gasteiger partial charge in [-0.1, -0.05) is 60.7 Å². The number of benzene rings is 3. The summed E-state index contributed by atoms with van der Waals surface area (Å²) >= 11 is 0. The van der Waals surface area contributed by atoms with Crippen LogP contribution in [0.25, 0.3) is 17.0 Å². The fourth-order valence-corrected chi connectivity index (χ4v) is 3.83. The second-order valence-corrected chi connectivity index (χ2v) is 8.04. The van der Waals surface area contributed by atoms with Crippen LogP contribution in [0, 0.1) is 0 Å². The third kappa shape index (κ3) is 5.15. The van der Waals surface area contributed by atoms with Crippen molar-refractivity contribution in [3.8, 4) is 23.0 Å². The summed E-state index contributed by atoms with van der Waals surface area (Å²) in [6.45, 7) is 0.396. The molecule has 0 bridgehead atoms. The number of nitrogens with zero attached hydrogens (tertiary/aromatic N) is 4. The van der Waals surface area contributed by atoms with Gasteiger partial charge in [-0.2, -0.15) is 4.52 Å². The normalized spacial score (nSPS) is 10.7. The number of ether oxygens (including phenoxy) is 2. The standard InChI is InChI=1S/C28H23N5O4/c1-36-21-11-7-10-20(18-21)27-31-30-24-14-15-25(32-33(24)27)37-17-16-29-28(35)23-13-6-5-12-22(23)26(34)19-8-3-2-4-9-19/h2-15,18H,16-17H2,1H3,(H,29,35). The lowest BCUT2D eigenvalue weighted by Crippen LogP contribution is -2.29. The second kappa shape index (κ2) is 10.7. The van der Waals surface area contributed by atoms with Crippen molar-refractivity contribution in [2.24, 2.45) is 0 Å². The molecule has 0 unspecified atom stereocenters. The smallest absolute Gasteiger partial charge is 0.252 e. The number of fused-ring (bicyclic) bond motifs is 1. The van der Waals surface area contributed by atoms with Crippen LogP contribution in [0.1, 0.15) is 26.3 Å². The number of amides is 1. The molecule has 0 atom stereocenters. The van der Waals surface area contributed by atoms with E-state index < -0.39 is 0 Å². The predicted octanol–water partition coefficient (Wildman–Crippen LogP) is 3.84. The molecule has 0 aliphatic carbocycles. The molecule has 2 aromatic heterocycles. The van der Waals surface area contributed by atoms with Gasteiger partial charge in [-0.15, -0.1) is 15.3 Å². The molecule has 5 aromatic rings. The molecule has 3 aromatic carbocycles. The van der Waals surface area contributed by atoms with Crippen molar-refractivity contribution >= 4 is 17.3 Å². The van der Waals surface area contributed by atoms with Gasteiger partial charge in [0.15, 0.2) is 17.3 Å². The molecule has 9 nitrogen and oxygen atoms in total. The van der Waals surface area contributed by atoms with Crippen LogP contribution in [0.2, 0.25) is 0 Å². The van der Waals surface area contributed by atoms with Gasteiger partial charge in [-0.3, -0.25) is 9.59 Å². The van der Waals surface area contributed by atoms with E-state index >= 15 is 0 Å². The van der Waals surface area contributed by atoms with Gasteiger partial charge in [0.2, 0.25) is 5.88 Å². The lowest BCUT2D eigenvalue weighted by atomic mass is 9.98. The largest absolute Gasteiger partial charge is 0.497 e. The Morgan fingerprint density at radius 3 is 2.46 bits per heavy atom. The maximum Gasteiger partial charge on any atom is 0.252 e. The van der Waals surface area contributed by atoms with E-state index in [1.165, 1.54) is 0 Å². The lowest BCUT2D eigenvalue weighted by molar-refractivity contribution is 0.0936. The van der Waals surface area contributed by atoms with E-state index in [4.69, 9.17) is 9.47 Å². The number of rotatable bonds is 9. The highest BCUT2D eigenvalue weighted by Gasteiger charge is 2.18. The number of ketones is 1. The Bertz CT molecular complexity index is 1570. The molecule has 37 heavy (non-hydrogen) atoms. The number of aromatic nitrogens is 4. The molecule has 2 heterocycles. The topological polar surface area (TPSA) is 108 Å². The Morgan fingerprint density at radius 2 is 1.65 bits per heavy atom. The SMILES string of the molecule is COc1cccc(-c2nnc3ccc(OCCNC(=O)c4ccccc4C(=O)c4ccccc4)nn23)c1. The van der Waals surface area contributed by atoms with Gasteiger partial charge < -0.3 is 14.8 Å². The van der Waals surface area contributed by atoms with Crippen molar-refractivity contribution in [1.29, 1.82) is 0 Å². The number of nitrogens with one attached hydrogen (secondary N) is 1. The van der Waals surface area contributed by atoms with E-state index in [0.29, 0.717) is 39.8 Å². The van der Waals surface area contributed by atoms with Crippen molar-refractivity contribution in [2.75, 3.05) is 20.3 Å². The molecule has 0 spiro atoms. The summed E-state index contributed by atoms with van der Waals surface area (Å²) in [5.74, 6) is 1.04. The van der Waals surface area contributed by atoms with Gasteiger partial charge in [-0.05, 0) is 24.3 Å². The number of carbonyl (C=O) groups is 2. The highest BCUT2D eigenvalue weighted by Crippen LogP contribution is 2.23. The van der Waals surface area contributed by atoms with E-state index in [1.54, 1.807) is 72.3 Å². The average Bonchev–Trinajstić information content (AvgIpc) is 3.38. The summed E-state index contributed by atoms with van der Waals surface area (Å²) in [7, 11) is 1.60. The molecule has 184 valence electrons. The average molecular weight is 494 g/mol. The molecule has 0 saturated carbocycles. The van der Waals surface area contributed by atoms with Crippen molar-refractivity contribution in [3.05, 3.63) is 108 Å². The first-order valence-electron chi connectivity index (χ1n) is 11.6. The van der Waals surface area contributed by atoms with E-state index in [2.05, 4.69) is 20.6 Å². The first kappa shape index (κ1) is 23.7. The summed E-state index contributed by atoms with van der Waals surface area (Å²) in [5, 5.41) is 15.7. The monoisotopic (exact) mass is 493 g/mol. The highest BCUT2D eigenvalue weighted by molar-refractivity contribution is 6.15. The van der Waals surface area contributed by atoms with E-state index in [1.807, 2.05) is 30.3 Å². The van der Waals surface area contributed by atoms with E-state index in [0.717, 1.165) is 5.56 Å². The minimum absolute atomic E-state index is 0.176. The maximum atomic E-state index is 12.9. The van der Waals surface area contributed by atoms with Gasteiger partial charge >= 0.3 is 0 Å². The number of hydrogen-bond acceptors (Lipinski definition) is 7. The quantitative estimate of drug-likeness (QED) is 0.246. The molecule has 9 heteroatoms. The third-order valence-electron chi connectivity index (χ3n) is 5.66. The van der Waals surface area contributed by atoms with Crippen LogP contribution >= 0.6 is 0 Å².